The Morgan fingerprint density at radius 3 is 2.07 bits per heavy atom. The summed E-state index contributed by atoms with van der Waals surface area (Å²) in [5.74, 6) is -0.0799. The predicted octanol–water partition coefficient (Wildman–Crippen LogP) is 1.71. The van der Waals surface area contributed by atoms with Gasteiger partial charge in [-0.25, -0.2) is 4.98 Å². The van der Waals surface area contributed by atoms with Gasteiger partial charge in [0.2, 0.25) is 0 Å². The van der Waals surface area contributed by atoms with Crippen molar-refractivity contribution in [2.24, 2.45) is 0 Å². The average Bonchev–Trinajstić information content (AvgIpc) is 2.76. The second-order valence-electron chi connectivity index (χ2n) is 6.17. The lowest BCUT2D eigenvalue weighted by Gasteiger charge is -2.26. The first kappa shape index (κ1) is 17.8. The van der Waals surface area contributed by atoms with Gasteiger partial charge in [-0.2, -0.15) is 0 Å². The Morgan fingerprint density at radius 2 is 1.48 bits per heavy atom. The molecule has 6 heteroatoms. The summed E-state index contributed by atoms with van der Waals surface area (Å²) < 4.78 is 5.34. The number of benzene rings is 2. The Labute approximate surface area is 159 Å². The number of carbonyl (C=O) groups is 1. The molecule has 136 valence electrons. The van der Waals surface area contributed by atoms with E-state index in [4.69, 9.17) is 9.72 Å². The molecule has 5 nitrogen and oxygen atoms in total. The van der Waals surface area contributed by atoms with Gasteiger partial charge < -0.3 is 9.64 Å². The van der Waals surface area contributed by atoms with Crippen LogP contribution in [-0.4, -0.2) is 47.1 Å². The molecule has 1 aliphatic rings. The van der Waals surface area contributed by atoms with E-state index in [9.17, 15) is 4.79 Å². The lowest BCUT2D eigenvalue weighted by molar-refractivity contribution is 0.0299. The van der Waals surface area contributed by atoms with E-state index < -0.39 is 7.92 Å². The number of hydrogen-bond donors (Lipinski definition) is 0. The van der Waals surface area contributed by atoms with Crippen LogP contribution in [0.2, 0.25) is 0 Å². The van der Waals surface area contributed by atoms with E-state index in [0.717, 1.165) is 5.44 Å². The minimum atomic E-state index is -0.873. The molecule has 0 aliphatic carbocycles. The highest BCUT2D eigenvalue weighted by Crippen LogP contribution is 2.31. The molecule has 4 rings (SSSR count). The van der Waals surface area contributed by atoms with E-state index in [1.54, 1.807) is 17.3 Å². The van der Waals surface area contributed by atoms with Crippen LogP contribution >= 0.6 is 7.92 Å². The third-order valence-electron chi connectivity index (χ3n) is 4.40. The molecule has 0 atom stereocenters. The SMILES string of the molecule is O=C(c1cncc(P(c2ccccc2)c2ccccc2)n1)N1CCOCC1. The number of rotatable bonds is 4. The molecule has 0 spiro atoms. The summed E-state index contributed by atoms with van der Waals surface area (Å²) >= 11 is 0. The smallest absolute Gasteiger partial charge is 0.274 e. The molecule has 27 heavy (non-hydrogen) atoms. The number of amides is 1. The first-order chi connectivity index (χ1) is 13.3. The fraction of sp³-hybridized carbons (Fsp3) is 0.190. The summed E-state index contributed by atoms with van der Waals surface area (Å²) in [6.45, 7) is 2.33. The van der Waals surface area contributed by atoms with Crippen LogP contribution in [0.3, 0.4) is 0 Å². The second kappa shape index (κ2) is 8.38. The van der Waals surface area contributed by atoms with Gasteiger partial charge >= 0.3 is 0 Å². The van der Waals surface area contributed by atoms with E-state index in [0.29, 0.717) is 32.0 Å². The molecule has 2 aromatic carbocycles. The molecule has 2 heterocycles. The largest absolute Gasteiger partial charge is 0.378 e. The molecule has 1 saturated heterocycles. The second-order valence-corrected chi connectivity index (χ2v) is 8.34. The highest BCUT2D eigenvalue weighted by Gasteiger charge is 2.23. The molecular weight excluding hydrogens is 357 g/mol. The van der Waals surface area contributed by atoms with Crippen LogP contribution in [0.4, 0.5) is 0 Å². The topological polar surface area (TPSA) is 55.3 Å². The molecule has 0 N–H and O–H groups in total. The Balaban J connectivity index is 1.72. The van der Waals surface area contributed by atoms with Crippen molar-refractivity contribution >= 4 is 29.9 Å². The normalized spacial score (nSPS) is 14.3. The quantitative estimate of drug-likeness (QED) is 0.650. The van der Waals surface area contributed by atoms with Crippen LogP contribution in [0.15, 0.2) is 73.1 Å². The summed E-state index contributed by atoms with van der Waals surface area (Å²) in [7, 11) is -0.873. The first-order valence-electron chi connectivity index (χ1n) is 8.92. The summed E-state index contributed by atoms with van der Waals surface area (Å²) in [5.41, 5.74) is 1.23. The zero-order valence-electron chi connectivity index (χ0n) is 14.9. The van der Waals surface area contributed by atoms with Crippen molar-refractivity contribution in [3.05, 3.63) is 78.8 Å². The Hall–Kier alpha value is -2.62. The summed E-state index contributed by atoms with van der Waals surface area (Å²) in [5, 5.41) is 2.37. The average molecular weight is 377 g/mol. The van der Waals surface area contributed by atoms with Crippen molar-refractivity contribution in [3.63, 3.8) is 0 Å². The third-order valence-corrected chi connectivity index (χ3v) is 6.70. The summed E-state index contributed by atoms with van der Waals surface area (Å²) in [4.78, 5) is 23.7. The molecule has 0 bridgehead atoms. The first-order valence-corrected chi connectivity index (χ1v) is 10.3. The lowest BCUT2D eigenvalue weighted by Crippen LogP contribution is -2.41. The van der Waals surface area contributed by atoms with Gasteiger partial charge in [0, 0.05) is 21.0 Å². The van der Waals surface area contributed by atoms with Crippen LogP contribution in [0.5, 0.6) is 0 Å². The fourth-order valence-electron chi connectivity index (χ4n) is 3.06. The zero-order chi connectivity index (χ0) is 18.5. The van der Waals surface area contributed by atoms with Crippen LogP contribution in [0, 0.1) is 0 Å². The molecule has 0 saturated carbocycles. The Kier molecular flexibility index (Phi) is 5.52. The third kappa shape index (κ3) is 4.05. The van der Waals surface area contributed by atoms with Crippen LogP contribution in [0.1, 0.15) is 10.5 Å². The van der Waals surface area contributed by atoms with Crippen LogP contribution in [-0.2, 0) is 4.74 Å². The Morgan fingerprint density at radius 1 is 0.889 bits per heavy atom. The van der Waals surface area contributed by atoms with Crippen molar-refractivity contribution in [1.82, 2.24) is 14.9 Å². The maximum atomic E-state index is 12.8. The molecule has 0 unspecified atom stereocenters. The van der Waals surface area contributed by atoms with Gasteiger partial charge in [0.1, 0.15) is 5.69 Å². The lowest BCUT2D eigenvalue weighted by atomic mass is 10.3. The zero-order valence-corrected chi connectivity index (χ0v) is 15.8. The van der Waals surface area contributed by atoms with E-state index >= 15 is 0 Å². The molecular formula is C21H20N3O2P. The summed E-state index contributed by atoms with van der Waals surface area (Å²) in [6.07, 6.45) is 3.34. The van der Waals surface area contributed by atoms with Gasteiger partial charge in [-0.1, -0.05) is 60.7 Å². The standard InChI is InChI=1S/C21H20N3O2P/c25-21(24-11-13-26-14-12-24)19-15-22-16-20(23-19)27(17-7-3-1-4-8-17)18-9-5-2-6-10-18/h1-10,15-16H,11-14H2. The monoisotopic (exact) mass is 377 g/mol. The van der Waals surface area contributed by atoms with Crippen molar-refractivity contribution in [2.75, 3.05) is 26.3 Å². The van der Waals surface area contributed by atoms with Gasteiger partial charge in [-0.15, -0.1) is 0 Å². The molecule has 1 aliphatic heterocycles. The minimum Gasteiger partial charge on any atom is -0.378 e. The van der Waals surface area contributed by atoms with Gasteiger partial charge in [0.25, 0.3) is 5.91 Å². The van der Waals surface area contributed by atoms with E-state index in [1.807, 2.05) is 36.4 Å². The molecule has 0 radical (unpaired) electrons. The van der Waals surface area contributed by atoms with E-state index in [2.05, 4.69) is 29.2 Å². The number of ether oxygens (including phenoxy) is 1. The van der Waals surface area contributed by atoms with Gasteiger partial charge in [-0.05, 0) is 10.6 Å². The molecule has 1 amide bonds. The van der Waals surface area contributed by atoms with Crippen LogP contribution in [0.25, 0.3) is 0 Å². The highest BCUT2D eigenvalue weighted by atomic mass is 31.1. The Bertz CT molecular complexity index is 860. The molecule has 3 aromatic rings. The van der Waals surface area contributed by atoms with Crippen molar-refractivity contribution < 1.29 is 9.53 Å². The van der Waals surface area contributed by atoms with Crippen molar-refractivity contribution in [1.29, 1.82) is 0 Å². The fourth-order valence-corrected chi connectivity index (χ4v) is 5.22. The van der Waals surface area contributed by atoms with Gasteiger partial charge in [0.15, 0.2) is 0 Å². The number of carbonyl (C=O) groups excluding carboxylic acids is 1. The van der Waals surface area contributed by atoms with E-state index in [-0.39, 0.29) is 5.91 Å². The maximum absolute atomic E-state index is 12.8. The van der Waals surface area contributed by atoms with Crippen molar-refractivity contribution in [3.8, 4) is 0 Å². The van der Waals surface area contributed by atoms with E-state index in [1.165, 1.54) is 10.6 Å². The maximum Gasteiger partial charge on any atom is 0.274 e. The summed E-state index contributed by atoms with van der Waals surface area (Å²) in [6, 6.07) is 20.6. The molecule has 1 aromatic heterocycles. The number of morpholine rings is 1. The van der Waals surface area contributed by atoms with Gasteiger partial charge in [0.05, 0.1) is 31.0 Å². The van der Waals surface area contributed by atoms with Crippen LogP contribution < -0.4 is 16.0 Å². The molecule has 1 fully saturated rings. The number of nitrogens with zero attached hydrogens (tertiary/aromatic N) is 3. The predicted molar refractivity (Wildman–Crippen MR) is 107 cm³/mol. The highest BCUT2D eigenvalue weighted by molar-refractivity contribution is 7.79. The number of hydrogen-bond acceptors (Lipinski definition) is 4. The van der Waals surface area contributed by atoms with Gasteiger partial charge in [-0.3, -0.25) is 9.78 Å². The van der Waals surface area contributed by atoms with Crippen molar-refractivity contribution in [2.45, 2.75) is 0 Å². The number of aromatic nitrogens is 2. The minimum absolute atomic E-state index is 0.0799.